The number of halogens is 1. The quantitative estimate of drug-likeness (QED) is 0.692. The molecule has 1 fully saturated rings. The third-order valence-electron chi connectivity index (χ3n) is 3.86. The van der Waals surface area contributed by atoms with E-state index in [1.807, 2.05) is 6.92 Å². The lowest BCUT2D eigenvalue weighted by molar-refractivity contribution is 0.0312. The van der Waals surface area contributed by atoms with Crippen molar-refractivity contribution in [2.24, 2.45) is 0 Å². The Morgan fingerprint density at radius 3 is 3.05 bits per heavy atom. The van der Waals surface area contributed by atoms with Gasteiger partial charge in [0.25, 0.3) is 0 Å². The third-order valence-corrected chi connectivity index (χ3v) is 4.27. The molecular formula is C15H22ClN3O2. The number of hydrogen-bond donors (Lipinski definition) is 4. The second-order valence-electron chi connectivity index (χ2n) is 5.55. The van der Waals surface area contributed by atoms with Crippen LogP contribution in [0.4, 0.5) is 10.5 Å². The maximum absolute atomic E-state index is 12.0. The van der Waals surface area contributed by atoms with Gasteiger partial charge in [-0.1, -0.05) is 17.7 Å². The Hall–Kier alpha value is -1.30. The molecule has 0 unspecified atom stereocenters. The highest BCUT2D eigenvalue weighted by atomic mass is 35.5. The van der Waals surface area contributed by atoms with Crippen molar-refractivity contribution in [1.82, 2.24) is 10.6 Å². The van der Waals surface area contributed by atoms with Crippen LogP contribution in [0.3, 0.4) is 0 Å². The molecule has 0 aromatic heterocycles. The van der Waals surface area contributed by atoms with Crippen LogP contribution in [-0.2, 0) is 0 Å². The van der Waals surface area contributed by atoms with Crippen molar-refractivity contribution >= 4 is 23.3 Å². The lowest BCUT2D eigenvalue weighted by atomic mass is 9.95. The van der Waals surface area contributed by atoms with E-state index in [0.717, 1.165) is 25.1 Å². The van der Waals surface area contributed by atoms with Crippen LogP contribution >= 0.6 is 11.6 Å². The minimum absolute atomic E-state index is 0.250. The van der Waals surface area contributed by atoms with E-state index in [1.54, 1.807) is 18.2 Å². The molecule has 4 N–H and O–H groups in total. The largest absolute Gasteiger partial charge is 0.388 e. The molecule has 21 heavy (non-hydrogen) atoms. The van der Waals surface area contributed by atoms with Gasteiger partial charge in [-0.05, 0) is 57.0 Å². The molecule has 0 spiro atoms. The highest BCUT2D eigenvalue weighted by Crippen LogP contribution is 2.23. The van der Waals surface area contributed by atoms with E-state index in [4.69, 9.17) is 11.6 Å². The van der Waals surface area contributed by atoms with Crippen LogP contribution in [0.2, 0.25) is 5.02 Å². The summed E-state index contributed by atoms with van der Waals surface area (Å²) in [5.74, 6) is 0. The molecule has 1 atom stereocenters. The average molecular weight is 312 g/mol. The number of carbonyl (C=O) groups is 1. The zero-order chi connectivity index (χ0) is 15.3. The predicted molar refractivity (Wildman–Crippen MR) is 84.9 cm³/mol. The summed E-state index contributed by atoms with van der Waals surface area (Å²) in [6.45, 7) is 3.78. The van der Waals surface area contributed by atoms with Gasteiger partial charge in [0, 0.05) is 17.3 Å². The SMILES string of the molecule is Cc1c(Cl)cccc1NC(=O)NC[C@]1(O)CCCNCC1. The van der Waals surface area contributed by atoms with E-state index in [9.17, 15) is 9.90 Å². The van der Waals surface area contributed by atoms with Gasteiger partial charge in [0.15, 0.2) is 0 Å². The second-order valence-corrected chi connectivity index (χ2v) is 5.96. The molecule has 1 saturated heterocycles. The van der Waals surface area contributed by atoms with E-state index in [0.29, 0.717) is 23.6 Å². The van der Waals surface area contributed by atoms with Gasteiger partial charge in [0.2, 0.25) is 0 Å². The van der Waals surface area contributed by atoms with Crippen molar-refractivity contribution in [2.75, 3.05) is 25.0 Å². The van der Waals surface area contributed by atoms with Crippen molar-refractivity contribution in [3.05, 3.63) is 28.8 Å². The van der Waals surface area contributed by atoms with Gasteiger partial charge in [-0.15, -0.1) is 0 Å². The number of rotatable bonds is 3. The number of benzene rings is 1. The van der Waals surface area contributed by atoms with E-state index < -0.39 is 5.60 Å². The minimum Gasteiger partial charge on any atom is -0.388 e. The van der Waals surface area contributed by atoms with E-state index in [-0.39, 0.29) is 12.6 Å². The smallest absolute Gasteiger partial charge is 0.319 e. The summed E-state index contributed by atoms with van der Waals surface area (Å²) in [5, 5.41) is 19.8. The van der Waals surface area contributed by atoms with Crippen LogP contribution < -0.4 is 16.0 Å². The first kappa shape index (κ1) is 16.1. The van der Waals surface area contributed by atoms with Crippen LogP contribution in [-0.4, -0.2) is 36.4 Å². The van der Waals surface area contributed by atoms with E-state index in [1.165, 1.54) is 0 Å². The first-order chi connectivity index (χ1) is 10.0. The molecule has 1 heterocycles. The fraction of sp³-hybridized carbons (Fsp3) is 0.533. The minimum atomic E-state index is -0.829. The van der Waals surface area contributed by atoms with Gasteiger partial charge in [-0.3, -0.25) is 0 Å². The van der Waals surface area contributed by atoms with Gasteiger partial charge in [-0.2, -0.15) is 0 Å². The number of nitrogens with one attached hydrogen (secondary N) is 3. The molecule has 1 aliphatic heterocycles. The van der Waals surface area contributed by atoms with Crippen LogP contribution in [0.5, 0.6) is 0 Å². The summed E-state index contributed by atoms with van der Waals surface area (Å²) in [7, 11) is 0. The van der Waals surface area contributed by atoms with E-state index >= 15 is 0 Å². The zero-order valence-electron chi connectivity index (χ0n) is 12.2. The summed E-state index contributed by atoms with van der Waals surface area (Å²) in [4.78, 5) is 12.0. The van der Waals surface area contributed by atoms with Gasteiger partial charge in [0.05, 0.1) is 5.60 Å². The Kier molecular flexibility index (Phi) is 5.45. The van der Waals surface area contributed by atoms with Crippen LogP contribution in [0, 0.1) is 6.92 Å². The summed E-state index contributed by atoms with van der Waals surface area (Å²) in [6.07, 6.45) is 2.24. The lowest BCUT2D eigenvalue weighted by Crippen LogP contribution is -2.44. The highest BCUT2D eigenvalue weighted by Gasteiger charge is 2.28. The standard InChI is InChI=1S/C15H22ClN3O2/c1-11-12(16)4-2-5-13(11)19-14(20)18-10-15(21)6-3-8-17-9-7-15/h2,4-5,17,21H,3,6-10H2,1H3,(H2,18,19,20)/t15-/m0/s1. The maximum Gasteiger partial charge on any atom is 0.319 e. The zero-order valence-corrected chi connectivity index (χ0v) is 13.0. The molecule has 2 amide bonds. The molecule has 1 aromatic rings. The number of hydrogen-bond acceptors (Lipinski definition) is 3. The number of urea groups is 1. The molecule has 2 rings (SSSR count). The number of amides is 2. The maximum atomic E-state index is 12.0. The number of anilines is 1. The fourth-order valence-electron chi connectivity index (χ4n) is 2.44. The summed E-state index contributed by atoms with van der Waals surface area (Å²) in [5.41, 5.74) is 0.672. The van der Waals surface area contributed by atoms with Crippen LogP contribution in [0.1, 0.15) is 24.8 Å². The molecule has 1 aromatic carbocycles. The molecule has 6 heteroatoms. The monoisotopic (exact) mass is 311 g/mol. The molecule has 0 saturated carbocycles. The fourth-order valence-corrected chi connectivity index (χ4v) is 2.62. The van der Waals surface area contributed by atoms with Crippen molar-refractivity contribution in [1.29, 1.82) is 0 Å². The summed E-state index contributed by atoms with van der Waals surface area (Å²) < 4.78 is 0. The van der Waals surface area contributed by atoms with Gasteiger partial charge < -0.3 is 21.1 Å². The normalized spacial score (nSPS) is 22.4. The van der Waals surface area contributed by atoms with Crippen LogP contribution in [0.15, 0.2) is 18.2 Å². The predicted octanol–water partition coefficient (Wildman–Crippen LogP) is 2.27. The van der Waals surface area contributed by atoms with Crippen molar-refractivity contribution < 1.29 is 9.90 Å². The Labute approximate surface area is 130 Å². The summed E-state index contributed by atoms with van der Waals surface area (Å²) >= 11 is 6.02. The molecule has 0 aliphatic carbocycles. The van der Waals surface area contributed by atoms with Crippen molar-refractivity contribution in [3.63, 3.8) is 0 Å². The highest BCUT2D eigenvalue weighted by molar-refractivity contribution is 6.31. The number of aliphatic hydroxyl groups is 1. The topological polar surface area (TPSA) is 73.4 Å². The van der Waals surface area contributed by atoms with Crippen molar-refractivity contribution in [3.8, 4) is 0 Å². The van der Waals surface area contributed by atoms with Crippen LogP contribution in [0.25, 0.3) is 0 Å². The Bertz CT molecular complexity index is 500. The Balaban J connectivity index is 1.88. The Morgan fingerprint density at radius 2 is 2.24 bits per heavy atom. The molecule has 0 bridgehead atoms. The second kappa shape index (κ2) is 7.11. The molecule has 5 nitrogen and oxygen atoms in total. The number of carbonyl (C=O) groups excluding carboxylic acids is 1. The molecule has 116 valence electrons. The first-order valence-electron chi connectivity index (χ1n) is 7.23. The van der Waals surface area contributed by atoms with Gasteiger partial charge in [0.1, 0.15) is 0 Å². The van der Waals surface area contributed by atoms with Crippen molar-refractivity contribution in [2.45, 2.75) is 31.8 Å². The Morgan fingerprint density at radius 1 is 1.43 bits per heavy atom. The van der Waals surface area contributed by atoms with Gasteiger partial charge in [-0.25, -0.2) is 4.79 Å². The third kappa shape index (κ3) is 4.59. The summed E-state index contributed by atoms with van der Waals surface area (Å²) in [6, 6.07) is 5.04. The molecule has 0 radical (unpaired) electrons. The van der Waals surface area contributed by atoms with Gasteiger partial charge >= 0.3 is 6.03 Å². The van der Waals surface area contributed by atoms with E-state index in [2.05, 4.69) is 16.0 Å². The first-order valence-corrected chi connectivity index (χ1v) is 7.61. The molecular weight excluding hydrogens is 290 g/mol. The molecule has 1 aliphatic rings. The lowest BCUT2D eigenvalue weighted by Gasteiger charge is -2.26. The average Bonchev–Trinajstić information content (AvgIpc) is 2.67.